The number of hydrogen-bond donors (Lipinski definition) is 0. The molecule has 1 atom stereocenters. The van der Waals surface area contributed by atoms with E-state index in [4.69, 9.17) is 11.6 Å². The molecule has 0 saturated carbocycles. The SMILES string of the molecule is CC1=NN(Cc2ccccc2Cl)c2nc3c(c(=O)n(C)c(=O)n3C)n2C1C. The zero-order valence-electron chi connectivity index (χ0n) is 15.5. The Kier molecular flexibility index (Phi) is 3.96. The van der Waals surface area contributed by atoms with E-state index in [1.807, 2.05) is 42.7 Å². The molecular formula is C18H19ClN6O2. The second kappa shape index (κ2) is 6.09. The molecule has 9 heteroatoms. The lowest BCUT2D eigenvalue weighted by molar-refractivity contribution is 0.634. The second-order valence-electron chi connectivity index (χ2n) is 6.73. The van der Waals surface area contributed by atoms with E-state index in [1.165, 1.54) is 11.6 Å². The first-order valence-electron chi connectivity index (χ1n) is 8.55. The first-order valence-corrected chi connectivity index (χ1v) is 8.93. The molecule has 0 N–H and O–H groups in total. The summed E-state index contributed by atoms with van der Waals surface area (Å²) < 4.78 is 4.33. The van der Waals surface area contributed by atoms with Crippen molar-refractivity contribution in [2.75, 3.05) is 5.01 Å². The van der Waals surface area contributed by atoms with E-state index >= 15 is 0 Å². The third-order valence-electron chi connectivity index (χ3n) is 5.05. The minimum Gasteiger partial charge on any atom is -0.294 e. The third kappa shape index (κ3) is 2.51. The van der Waals surface area contributed by atoms with E-state index in [2.05, 4.69) is 10.1 Å². The van der Waals surface area contributed by atoms with E-state index in [0.29, 0.717) is 28.7 Å². The molecule has 0 aliphatic carbocycles. The number of fused-ring (bicyclic) bond motifs is 3. The Hall–Kier alpha value is -2.87. The van der Waals surface area contributed by atoms with Crippen molar-refractivity contribution in [1.29, 1.82) is 0 Å². The molecule has 1 aliphatic rings. The van der Waals surface area contributed by atoms with E-state index in [-0.39, 0.29) is 11.6 Å². The molecular weight excluding hydrogens is 368 g/mol. The Morgan fingerprint density at radius 3 is 2.56 bits per heavy atom. The summed E-state index contributed by atoms with van der Waals surface area (Å²) in [5.74, 6) is 0.515. The van der Waals surface area contributed by atoms with Crippen molar-refractivity contribution in [2.24, 2.45) is 19.2 Å². The lowest BCUT2D eigenvalue weighted by Crippen LogP contribution is -2.38. The van der Waals surface area contributed by atoms with E-state index in [1.54, 1.807) is 12.1 Å². The van der Waals surface area contributed by atoms with Crippen LogP contribution in [0.1, 0.15) is 25.5 Å². The number of aromatic nitrogens is 4. The van der Waals surface area contributed by atoms with Gasteiger partial charge in [-0.15, -0.1) is 0 Å². The van der Waals surface area contributed by atoms with Crippen LogP contribution in [0.4, 0.5) is 5.95 Å². The Labute approximate surface area is 159 Å². The van der Waals surface area contributed by atoms with Gasteiger partial charge in [-0.1, -0.05) is 29.8 Å². The number of benzene rings is 1. The first-order chi connectivity index (χ1) is 12.8. The maximum Gasteiger partial charge on any atom is 0.332 e. The fourth-order valence-electron chi connectivity index (χ4n) is 3.35. The second-order valence-corrected chi connectivity index (χ2v) is 7.13. The van der Waals surface area contributed by atoms with Gasteiger partial charge in [-0.05, 0) is 25.5 Å². The molecule has 4 rings (SSSR count). The number of nitrogens with zero attached hydrogens (tertiary/aromatic N) is 6. The molecule has 3 aromatic rings. The third-order valence-corrected chi connectivity index (χ3v) is 5.42. The van der Waals surface area contributed by atoms with Crippen molar-refractivity contribution in [1.82, 2.24) is 18.7 Å². The Morgan fingerprint density at radius 2 is 1.85 bits per heavy atom. The van der Waals surface area contributed by atoms with Crippen LogP contribution in [-0.2, 0) is 20.6 Å². The molecule has 3 heterocycles. The van der Waals surface area contributed by atoms with Crippen molar-refractivity contribution in [3.05, 3.63) is 55.7 Å². The first kappa shape index (κ1) is 17.5. The average molecular weight is 387 g/mol. The summed E-state index contributed by atoms with van der Waals surface area (Å²) in [5, 5.41) is 7.01. The largest absolute Gasteiger partial charge is 0.332 e. The predicted octanol–water partition coefficient (Wildman–Crippen LogP) is 2.04. The number of imidazole rings is 1. The van der Waals surface area contributed by atoms with Crippen LogP contribution in [0.15, 0.2) is 39.0 Å². The summed E-state index contributed by atoms with van der Waals surface area (Å²) in [6.07, 6.45) is 0. The molecule has 8 nitrogen and oxygen atoms in total. The molecule has 0 amide bonds. The van der Waals surface area contributed by atoms with Gasteiger partial charge >= 0.3 is 5.69 Å². The van der Waals surface area contributed by atoms with Crippen LogP contribution in [0.25, 0.3) is 11.2 Å². The van der Waals surface area contributed by atoms with Crippen molar-refractivity contribution in [2.45, 2.75) is 26.4 Å². The summed E-state index contributed by atoms with van der Waals surface area (Å²) >= 11 is 6.31. The van der Waals surface area contributed by atoms with Crippen LogP contribution in [0, 0.1) is 0 Å². The lowest BCUT2D eigenvalue weighted by atomic mass is 10.2. The van der Waals surface area contributed by atoms with Gasteiger partial charge in [0.05, 0.1) is 18.3 Å². The summed E-state index contributed by atoms with van der Waals surface area (Å²) in [7, 11) is 3.08. The maximum absolute atomic E-state index is 12.8. The fourth-order valence-corrected chi connectivity index (χ4v) is 3.55. The standard InChI is InChI=1S/C18H19ClN6O2/c1-10-11(2)25-14-15(22(3)18(27)23(4)16(14)26)20-17(25)24(21-10)9-12-7-5-6-8-13(12)19/h5-8,11H,9H2,1-4H3. The predicted molar refractivity (Wildman–Crippen MR) is 106 cm³/mol. The molecule has 1 aromatic carbocycles. The minimum absolute atomic E-state index is 0.155. The number of hydrazone groups is 1. The van der Waals surface area contributed by atoms with Crippen LogP contribution in [0.5, 0.6) is 0 Å². The number of halogens is 1. The van der Waals surface area contributed by atoms with E-state index in [9.17, 15) is 9.59 Å². The molecule has 140 valence electrons. The van der Waals surface area contributed by atoms with Crippen LogP contribution in [-0.4, -0.2) is 24.4 Å². The zero-order chi connectivity index (χ0) is 19.5. The highest BCUT2D eigenvalue weighted by molar-refractivity contribution is 6.31. The van der Waals surface area contributed by atoms with Crippen LogP contribution >= 0.6 is 11.6 Å². The number of aryl methyl sites for hydroxylation is 1. The highest BCUT2D eigenvalue weighted by atomic mass is 35.5. The molecule has 2 aromatic heterocycles. The molecule has 1 aliphatic heterocycles. The summed E-state index contributed by atoms with van der Waals surface area (Å²) in [6.45, 7) is 4.27. The molecule has 0 bridgehead atoms. The highest BCUT2D eigenvalue weighted by Gasteiger charge is 2.30. The van der Waals surface area contributed by atoms with Crippen LogP contribution in [0.2, 0.25) is 5.02 Å². The molecule has 27 heavy (non-hydrogen) atoms. The van der Waals surface area contributed by atoms with Crippen LogP contribution in [0.3, 0.4) is 0 Å². The number of hydrogen-bond acceptors (Lipinski definition) is 5. The van der Waals surface area contributed by atoms with E-state index < -0.39 is 5.69 Å². The number of rotatable bonds is 2. The van der Waals surface area contributed by atoms with Gasteiger partial charge < -0.3 is 0 Å². The topological polar surface area (TPSA) is 77.4 Å². The molecule has 0 spiro atoms. The van der Waals surface area contributed by atoms with Crippen molar-refractivity contribution in [3.8, 4) is 0 Å². The van der Waals surface area contributed by atoms with Crippen molar-refractivity contribution in [3.63, 3.8) is 0 Å². The quantitative estimate of drug-likeness (QED) is 0.675. The zero-order valence-corrected chi connectivity index (χ0v) is 16.2. The highest BCUT2D eigenvalue weighted by Crippen LogP contribution is 2.31. The van der Waals surface area contributed by atoms with Gasteiger partial charge in [-0.2, -0.15) is 10.1 Å². The van der Waals surface area contributed by atoms with Crippen LogP contribution < -0.4 is 16.3 Å². The van der Waals surface area contributed by atoms with Gasteiger partial charge in [0, 0.05) is 19.1 Å². The van der Waals surface area contributed by atoms with Gasteiger partial charge in [-0.25, -0.2) is 9.80 Å². The Morgan fingerprint density at radius 1 is 1.15 bits per heavy atom. The molecule has 1 unspecified atom stereocenters. The van der Waals surface area contributed by atoms with E-state index in [0.717, 1.165) is 15.8 Å². The van der Waals surface area contributed by atoms with Gasteiger partial charge in [-0.3, -0.25) is 18.5 Å². The molecule has 0 radical (unpaired) electrons. The molecule has 0 fully saturated rings. The monoisotopic (exact) mass is 386 g/mol. The minimum atomic E-state index is -0.411. The fraction of sp³-hybridized carbons (Fsp3) is 0.333. The maximum atomic E-state index is 12.8. The molecule has 0 saturated heterocycles. The Balaban J connectivity index is 1.98. The summed E-state index contributed by atoms with van der Waals surface area (Å²) in [6, 6.07) is 7.37. The van der Waals surface area contributed by atoms with Crippen molar-refractivity contribution < 1.29 is 0 Å². The Bertz CT molecular complexity index is 1220. The summed E-state index contributed by atoms with van der Waals surface area (Å²) in [4.78, 5) is 29.7. The lowest BCUT2D eigenvalue weighted by Gasteiger charge is -2.29. The average Bonchev–Trinajstić information content (AvgIpc) is 3.05. The van der Waals surface area contributed by atoms with Gasteiger partial charge in [0.25, 0.3) is 5.56 Å². The smallest absolute Gasteiger partial charge is 0.294 e. The summed E-state index contributed by atoms with van der Waals surface area (Å²) in [5.41, 5.74) is 1.69. The van der Waals surface area contributed by atoms with Crippen molar-refractivity contribution >= 4 is 34.4 Å². The number of anilines is 1. The normalized spacial score (nSPS) is 16.6. The van der Waals surface area contributed by atoms with Gasteiger partial charge in [0.2, 0.25) is 5.95 Å². The van der Waals surface area contributed by atoms with Gasteiger partial charge in [0.1, 0.15) is 0 Å². The van der Waals surface area contributed by atoms with Gasteiger partial charge in [0.15, 0.2) is 11.2 Å².